The van der Waals surface area contributed by atoms with Gasteiger partial charge < -0.3 is 9.47 Å². The van der Waals surface area contributed by atoms with Gasteiger partial charge in [-0.25, -0.2) is 0 Å². The predicted molar refractivity (Wildman–Crippen MR) is 105 cm³/mol. The Labute approximate surface area is 169 Å². The van der Waals surface area contributed by atoms with Gasteiger partial charge in [0.1, 0.15) is 5.57 Å². The molecule has 2 aromatic carbocycles. The van der Waals surface area contributed by atoms with Crippen molar-refractivity contribution >= 4 is 52.2 Å². The lowest BCUT2D eigenvalue weighted by Crippen LogP contribution is -2.54. The number of anilines is 1. The Balaban J connectivity index is 1.66. The molecule has 2 amide bonds. The second-order valence-corrected chi connectivity index (χ2v) is 6.69. The number of hydrogen-bond acceptors (Lipinski definition) is 6. The topological polar surface area (TPSA) is 84.9 Å². The molecule has 9 heteroatoms. The molecule has 2 aliphatic heterocycles. The molecule has 28 heavy (non-hydrogen) atoms. The highest BCUT2D eigenvalue weighted by Crippen LogP contribution is 2.33. The van der Waals surface area contributed by atoms with Gasteiger partial charge in [-0.05, 0) is 54.7 Å². The molecule has 0 aliphatic carbocycles. The van der Waals surface area contributed by atoms with Crippen molar-refractivity contribution in [3.05, 3.63) is 64.7 Å². The molecule has 1 saturated heterocycles. The van der Waals surface area contributed by atoms with Crippen molar-refractivity contribution in [2.75, 3.05) is 11.7 Å². The zero-order valence-corrected chi connectivity index (χ0v) is 15.7. The van der Waals surface area contributed by atoms with Crippen molar-refractivity contribution in [1.82, 2.24) is 5.32 Å². The molecule has 0 saturated carbocycles. The molecule has 0 bridgehead atoms. The van der Waals surface area contributed by atoms with Crippen molar-refractivity contribution in [1.29, 1.82) is 0 Å². The maximum atomic E-state index is 12.9. The molecule has 0 unspecified atom stereocenters. The fourth-order valence-corrected chi connectivity index (χ4v) is 3.15. The number of fused-ring (bicyclic) bond motifs is 1. The fourth-order valence-electron chi connectivity index (χ4n) is 2.75. The number of ether oxygens (including phenoxy) is 2. The summed E-state index contributed by atoms with van der Waals surface area (Å²) in [7, 11) is 0. The molecule has 1 fully saturated rings. The summed E-state index contributed by atoms with van der Waals surface area (Å²) in [6, 6.07) is 11.0. The molecule has 2 heterocycles. The van der Waals surface area contributed by atoms with Crippen molar-refractivity contribution < 1.29 is 23.9 Å². The van der Waals surface area contributed by atoms with Gasteiger partial charge in [0.25, 0.3) is 11.8 Å². The van der Waals surface area contributed by atoms with Gasteiger partial charge in [-0.1, -0.05) is 11.6 Å². The second kappa shape index (κ2) is 7.06. The van der Waals surface area contributed by atoms with Crippen LogP contribution in [0.1, 0.15) is 10.4 Å². The number of nitrogens with one attached hydrogen (secondary N) is 1. The molecule has 140 valence electrons. The van der Waals surface area contributed by atoms with Crippen LogP contribution < -0.4 is 19.7 Å². The number of allylic oxidation sites excluding steroid dienone is 1. The monoisotopic (exact) mass is 414 g/mol. The van der Waals surface area contributed by atoms with E-state index in [0.29, 0.717) is 22.2 Å². The molecule has 2 aliphatic rings. The van der Waals surface area contributed by atoms with Crippen LogP contribution in [-0.4, -0.2) is 29.5 Å². The summed E-state index contributed by atoms with van der Waals surface area (Å²) in [6.45, 7) is 0.0719. The highest BCUT2D eigenvalue weighted by molar-refractivity contribution is 7.80. The maximum Gasteiger partial charge on any atom is 0.270 e. The lowest BCUT2D eigenvalue weighted by molar-refractivity contribution is -0.122. The lowest BCUT2D eigenvalue weighted by atomic mass is 10.0. The van der Waals surface area contributed by atoms with E-state index >= 15 is 0 Å². The first-order chi connectivity index (χ1) is 13.4. The zero-order chi connectivity index (χ0) is 19.8. The molecule has 2 aromatic rings. The van der Waals surface area contributed by atoms with Gasteiger partial charge in [0, 0.05) is 16.7 Å². The van der Waals surface area contributed by atoms with Crippen LogP contribution in [0.25, 0.3) is 0 Å². The first-order valence-corrected chi connectivity index (χ1v) is 8.83. The largest absolute Gasteiger partial charge is 0.454 e. The van der Waals surface area contributed by atoms with E-state index in [-0.39, 0.29) is 23.0 Å². The van der Waals surface area contributed by atoms with Crippen LogP contribution in [0.3, 0.4) is 0 Å². The van der Waals surface area contributed by atoms with Gasteiger partial charge >= 0.3 is 0 Å². The summed E-state index contributed by atoms with van der Waals surface area (Å²) in [5.74, 6) is -1.03. The van der Waals surface area contributed by atoms with E-state index in [1.807, 2.05) is 0 Å². The molecule has 0 atom stereocenters. The fraction of sp³-hybridized carbons (Fsp3) is 0.0526. The number of halogens is 1. The average molecular weight is 415 g/mol. The predicted octanol–water partition coefficient (Wildman–Crippen LogP) is 2.63. The third-order valence-electron chi connectivity index (χ3n) is 4.12. The van der Waals surface area contributed by atoms with Crippen molar-refractivity contribution in [2.45, 2.75) is 0 Å². The average Bonchev–Trinajstić information content (AvgIpc) is 3.14. The Kier molecular flexibility index (Phi) is 4.58. The second-order valence-electron chi connectivity index (χ2n) is 5.87. The van der Waals surface area contributed by atoms with Gasteiger partial charge in [0.2, 0.25) is 6.79 Å². The van der Waals surface area contributed by atoms with E-state index in [0.717, 1.165) is 11.0 Å². The number of thiocarbonyl (C=S) groups is 1. The van der Waals surface area contributed by atoms with Gasteiger partial charge in [-0.2, -0.15) is 0 Å². The third kappa shape index (κ3) is 3.23. The number of amides is 2. The standard InChI is InChI=1S/C19H11ClN2O5S/c20-11-2-4-12(5-3-11)22-18(25)13(17(24)21-19(22)28)8-14(23)10-1-6-15-16(7-10)27-9-26-15/h1-8H,9H2,(H,21,24,28)/b13-8-. The summed E-state index contributed by atoms with van der Waals surface area (Å²) in [5, 5.41) is 2.83. The van der Waals surface area contributed by atoms with Crippen molar-refractivity contribution in [3.8, 4) is 11.5 Å². The molecular formula is C19H11ClN2O5S. The third-order valence-corrected chi connectivity index (χ3v) is 4.66. The number of nitrogens with zero attached hydrogens (tertiary/aromatic N) is 1. The van der Waals surface area contributed by atoms with E-state index < -0.39 is 17.6 Å². The minimum absolute atomic E-state index is 0.0719. The number of carbonyl (C=O) groups is 3. The number of hydrogen-bond donors (Lipinski definition) is 1. The Morgan fingerprint density at radius 3 is 2.57 bits per heavy atom. The maximum absolute atomic E-state index is 12.9. The summed E-state index contributed by atoms with van der Waals surface area (Å²) < 4.78 is 10.4. The summed E-state index contributed by atoms with van der Waals surface area (Å²) >= 11 is 11.0. The molecular weight excluding hydrogens is 404 g/mol. The highest BCUT2D eigenvalue weighted by atomic mass is 35.5. The van der Waals surface area contributed by atoms with Gasteiger partial charge in [-0.15, -0.1) is 0 Å². The molecule has 7 nitrogen and oxygen atoms in total. The number of benzene rings is 2. The first-order valence-electron chi connectivity index (χ1n) is 8.05. The minimum atomic E-state index is -0.741. The Hall–Kier alpha value is -3.23. The van der Waals surface area contributed by atoms with Gasteiger partial charge in [0.05, 0.1) is 5.69 Å². The normalized spacial score (nSPS) is 17.1. The van der Waals surface area contributed by atoms with E-state index in [2.05, 4.69) is 5.32 Å². The molecule has 1 N–H and O–H groups in total. The highest BCUT2D eigenvalue weighted by Gasteiger charge is 2.35. The zero-order valence-electron chi connectivity index (χ0n) is 14.1. The van der Waals surface area contributed by atoms with Crippen LogP contribution in [0.5, 0.6) is 11.5 Å². The quantitative estimate of drug-likeness (QED) is 0.360. The lowest BCUT2D eigenvalue weighted by Gasteiger charge is -2.28. The summed E-state index contributed by atoms with van der Waals surface area (Å²) in [4.78, 5) is 38.9. The van der Waals surface area contributed by atoms with E-state index in [1.54, 1.807) is 30.3 Å². The summed E-state index contributed by atoms with van der Waals surface area (Å²) in [5.41, 5.74) is 0.343. The number of ketones is 1. The molecule has 0 radical (unpaired) electrons. The molecule has 0 aromatic heterocycles. The number of carbonyl (C=O) groups excluding carboxylic acids is 3. The number of rotatable bonds is 3. The van der Waals surface area contributed by atoms with E-state index in [4.69, 9.17) is 33.3 Å². The van der Waals surface area contributed by atoms with Crippen molar-refractivity contribution in [3.63, 3.8) is 0 Å². The Morgan fingerprint density at radius 2 is 1.82 bits per heavy atom. The van der Waals surface area contributed by atoms with E-state index in [1.165, 1.54) is 12.1 Å². The van der Waals surface area contributed by atoms with E-state index in [9.17, 15) is 14.4 Å². The van der Waals surface area contributed by atoms with Crippen LogP contribution in [0.15, 0.2) is 54.1 Å². The smallest absolute Gasteiger partial charge is 0.270 e. The van der Waals surface area contributed by atoms with Crippen LogP contribution in [0.4, 0.5) is 5.69 Å². The van der Waals surface area contributed by atoms with Crippen LogP contribution >= 0.6 is 23.8 Å². The van der Waals surface area contributed by atoms with Crippen LogP contribution in [0, 0.1) is 0 Å². The van der Waals surface area contributed by atoms with Crippen LogP contribution in [0.2, 0.25) is 5.02 Å². The minimum Gasteiger partial charge on any atom is -0.454 e. The molecule has 0 spiro atoms. The Bertz CT molecular complexity index is 1060. The SMILES string of the molecule is O=C1NC(=S)N(c2ccc(Cl)cc2)C(=O)/C1=C\C(=O)c1ccc2c(c1)OCO2. The summed E-state index contributed by atoms with van der Waals surface area (Å²) in [6.07, 6.45) is 0.986. The van der Waals surface area contributed by atoms with Crippen LogP contribution in [-0.2, 0) is 9.59 Å². The van der Waals surface area contributed by atoms with Gasteiger partial charge in [-0.3, -0.25) is 24.6 Å². The molecule has 4 rings (SSSR count). The van der Waals surface area contributed by atoms with Crippen molar-refractivity contribution in [2.24, 2.45) is 0 Å². The first kappa shape index (κ1) is 18.1. The van der Waals surface area contributed by atoms with Gasteiger partial charge in [0.15, 0.2) is 22.4 Å². The Morgan fingerprint density at radius 1 is 1.11 bits per heavy atom.